The molecule has 8 nitrogen and oxygen atoms in total. The molecule has 254 valence electrons. The third-order valence-corrected chi connectivity index (χ3v) is 4.73. The number of halogens is 16. The Hall–Kier alpha value is -3.76. The highest BCUT2D eigenvalue weighted by atomic mass is 19.4. The van der Waals surface area contributed by atoms with E-state index < -0.39 is 97.7 Å². The van der Waals surface area contributed by atoms with Gasteiger partial charge in [-0.05, 0) is 0 Å². The number of alkyl halides is 16. The Kier molecular flexibility index (Phi) is 12.0. The molecule has 0 unspecified atom stereocenters. The van der Waals surface area contributed by atoms with Crippen LogP contribution in [0.15, 0.2) is 25.3 Å². The lowest BCUT2D eigenvalue weighted by Gasteiger charge is -2.42. The Morgan fingerprint density at radius 3 is 0.841 bits per heavy atom. The Morgan fingerprint density at radius 2 is 0.614 bits per heavy atom. The molecule has 0 aromatic carbocycles. The van der Waals surface area contributed by atoms with Crippen LogP contribution >= 0.6 is 0 Å². The van der Waals surface area contributed by atoms with Gasteiger partial charge in [-0.25, -0.2) is 19.2 Å². The van der Waals surface area contributed by atoms with Crippen molar-refractivity contribution in [3.05, 3.63) is 25.3 Å². The molecule has 0 aliphatic rings. The first-order valence-corrected chi connectivity index (χ1v) is 10.5. The molecule has 0 atom stereocenters. The van der Waals surface area contributed by atoms with Gasteiger partial charge in [0.1, 0.15) is 26.4 Å². The number of hydrogen-bond acceptors (Lipinski definition) is 8. The van der Waals surface area contributed by atoms with Crippen molar-refractivity contribution < 1.29 is 108 Å². The predicted molar refractivity (Wildman–Crippen MR) is 104 cm³/mol. The summed E-state index contributed by atoms with van der Waals surface area (Å²) in [4.78, 5) is 43.7. The summed E-state index contributed by atoms with van der Waals surface area (Å²) in [6, 6.07) is 0. The highest BCUT2D eigenvalue weighted by Crippen LogP contribution is 2.64. The first-order valence-electron chi connectivity index (χ1n) is 10.5. The summed E-state index contributed by atoms with van der Waals surface area (Å²) in [6.07, 6.45) is 0.769. The zero-order valence-corrected chi connectivity index (χ0v) is 20.7. The van der Waals surface area contributed by atoms with Crippen LogP contribution in [0.1, 0.15) is 0 Å². The SMILES string of the molecule is C=CC(=O)OCCOC(=O)C(F)(F)C(F)(F)C(F)(F)C(F)(F)C(F)(F)C(F)(F)C(F)(F)C(F)(F)C(=O)OCCOC(=O)C=C. The van der Waals surface area contributed by atoms with Crippen molar-refractivity contribution in [2.45, 2.75) is 47.4 Å². The molecule has 24 heteroatoms. The molecule has 0 radical (unpaired) electrons. The Morgan fingerprint density at radius 1 is 0.409 bits per heavy atom. The summed E-state index contributed by atoms with van der Waals surface area (Å²) in [5, 5.41) is 0. The molecule has 0 heterocycles. The van der Waals surface area contributed by atoms with Crippen molar-refractivity contribution in [3.8, 4) is 0 Å². The van der Waals surface area contributed by atoms with Crippen LogP contribution in [0.4, 0.5) is 70.2 Å². The summed E-state index contributed by atoms with van der Waals surface area (Å²) < 4.78 is 236. The normalized spacial score (nSPS) is 13.9. The fourth-order valence-electron chi connectivity index (χ4n) is 2.29. The van der Waals surface area contributed by atoms with Crippen LogP contribution in [-0.4, -0.2) is 97.7 Å². The zero-order chi connectivity index (χ0) is 35.4. The summed E-state index contributed by atoms with van der Waals surface area (Å²) in [5.41, 5.74) is 0. The zero-order valence-electron chi connectivity index (χ0n) is 20.7. The largest absolute Gasteiger partial charge is 0.459 e. The Bertz CT molecular complexity index is 1030. The first-order chi connectivity index (χ1) is 19.5. The van der Waals surface area contributed by atoms with Gasteiger partial charge >= 0.3 is 71.3 Å². The second kappa shape index (κ2) is 13.1. The van der Waals surface area contributed by atoms with E-state index in [2.05, 4.69) is 32.1 Å². The number of carbonyl (C=O) groups excluding carboxylic acids is 4. The number of hydrogen-bond donors (Lipinski definition) is 0. The number of ether oxygens (including phenoxy) is 4. The maximum Gasteiger partial charge on any atom is 0.410 e. The molecule has 0 rings (SSSR count). The van der Waals surface area contributed by atoms with Crippen molar-refractivity contribution in [2.75, 3.05) is 26.4 Å². The lowest BCUT2D eigenvalue weighted by molar-refractivity contribution is -0.449. The minimum Gasteiger partial charge on any atom is -0.459 e. The molecule has 0 saturated carbocycles. The molecule has 0 spiro atoms. The molecule has 0 aliphatic carbocycles. The van der Waals surface area contributed by atoms with E-state index in [0.717, 1.165) is 0 Å². The second-order valence-corrected chi connectivity index (χ2v) is 7.61. The topological polar surface area (TPSA) is 105 Å². The summed E-state index contributed by atoms with van der Waals surface area (Å²) in [6.45, 7) is -0.561. The van der Waals surface area contributed by atoms with Gasteiger partial charge in [-0.2, -0.15) is 70.2 Å². The quantitative estimate of drug-likeness (QED) is 0.0719. The summed E-state index contributed by atoms with van der Waals surface area (Å²) in [7, 11) is 0. The Balaban J connectivity index is 6.38. The molecule has 0 aromatic rings. The van der Waals surface area contributed by atoms with Gasteiger partial charge < -0.3 is 18.9 Å². The van der Waals surface area contributed by atoms with E-state index in [-0.39, 0.29) is 0 Å². The summed E-state index contributed by atoms with van der Waals surface area (Å²) >= 11 is 0. The summed E-state index contributed by atoms with van der Waals surface area (Å²) in [5.74, 6) is -77.1. The molecule has 0 aliphatic heterocycles. The van der Waals surface area contributed by atoms with Gasteiger partial charge in [0.05, 0.1) is 0 Å². The smallest absolute Gasteiger partial charge is 0.410 e. The minimum atomic E-state index is -8.88. The van der Waals surface area contributed by atoms with E-state index in [1.807, 2.05) is 0 Å². The van der Waals surface area contributed by atoms with Crippen LogP contribution in [0.2, 0.25) is 0 Å². The maximum atomic E-state index is 13.9. The molecule has 0 aromatic heterocycles. The third-order valence-electron chi connectivity index (χ3n) is 4.73. The molecular weight excluding hydrogens is 672 g/mol. The molecule has 0 amide bonds. The van der Waals surface area contributed by atoms with E-state index in [1.54, 1.807) is 0 Å². The predicted octanol–water partition coefficient (Wildman–Crippen LogP) is 4.61. The lowest BCUT2D eigenvalue weighted by Crippen LogP contribution is -2.75. The van der Waals surface area contributed by atoms with Crippen LogP contribution in [0, 0.1) is 0 Å². The van der Waals surface area contributed by atoms with Gasteiger partial charge in [-0.1, -0.05) is 13.2 Å². The lowest BCUT2D eigenvalue weighted by atomic mass is 9.87. The monoisotopic (exact) mass is 686 g/mol. The van der Waals surface area contributed by atoms with Crippen molar-refractivity contribution in [1.82, 2.24) is 0 Å². The van der Waals surface area contributed by atoms with E-state index in [9.17, 15) is 89.4 Å². The molecule has 0 bridgehead atoms. The van der Waals surface area contributed by atoms with E-state index in [0.29, 0.717) is 12.2 Å². The van der Waals surface area contributed by atoms with Crippen LogP contribution < -0.4 is 0 Å². The van der Waals surface area contributed by atoms with Crippen LogP contribution in [-0.2, 0) is 38.1 Å². The van der Waals surface area contributed by atoms with Crippen LogP contribution in [0.3, 0.4) is 0 Å². The van der Waals surface area contributed by atoms with Crippen molar-refractivity contribution in [1.29, 1.82) is 0 Å². The van der Waals surface area contributed by atoms with Crippen LogP contribution in [0.5, 0.6) is 0 Å². The van der Waals surface area contributed by atoms with Crippen molar-refractivity contribution in [3.63, 3.8) is 0 Å². The van der Waals surface area contributed by atoms with Gasteiger partial charge in [0, 0.05) is 12.2 Å². The van der Waals surface area contributed by atoms with Crippen molar-refractivity contribution >= 4 is 23.9 Å². The molecule has 0 N–H and O–H groups in total. The van der Waals surface area contributed by atoms with Crippen molar-refractivity contribution in [2.24, 2.45) is 0 Å². The molecule has 44 heavy (non-hydrogen) atoms. The molecule has 0 fully saturated rings. The van der Waals surface area contributed by atoms with E-state index in [1.165, 1.54) is 0 Å². The fraction of sp³-hybridized carbons (Fsp3) is 0.600. The van der Waals surface area contributed by atoms with E-state index >= 15 is 0 Å². The fourth-order valence-corrected chi connectivity index (χ4v) is 2.29. The first kappa shape index (κ1) is 40.2. The van der Waals surface area contributed by atoms with Gasteiger partial charge in [-0.15, -0.1) is 0 Å². The van der Waals surface area contributed by atoms with Gasteiger partial charge in [0.15, 0.2) is 0 Å². The van der Waals surface area contributed by atoms with Gasteiger partial charge in [0.2, 0.25) is 0 Å². The number of rotatable bonds is 17. The van der Waals surface area contributed by atoms with E-state index in [4.69, 9.17) is 0 Å². The van der Waals surface area contributed by atoms with Crippen LogP contribution in [0.25, 0.3) is 0 Å². The van der Waals surface area contributed by atoms with Gasteiger partial charge in [-0.3, -0.25) is 0 Å². The Labute approximate surface area is 232 Å². The highest BCUT2D eigenvalue weighted by Gasteiger charge is 2.96. The minimum absolute atomic E-state index is 0.384. The standard InChI is InChI=1S/C20H14F16O8/c1-3-9(37)41-5-7-43-11(39)13(21,22)15(25,26)17(29,30)19(33,34)20(35,36)18(31,32)16(27,28)14(23,24)12(40)44-8-6-42-10(38)4-2/h3-4H,1-2,5-8H2. The second-order valence-electron chi connectivity index (χ2n) is 7.61. The maximum absolute atomic E-state index is 13.9. The third kappa shape index (κ3) is 6.66. The van der Waals surface area contributed by atoms with Gasteiger partial charge in [0.25, 0.3) is 0 Å². The highest BCUT2D eigenvalue weighted by molar-refractivity contribution is 5.82. The average molecular weight is 686 g/mol. The number of carbonyl (C=O) groups is 4. The molecular formula is C20H14F16O8. The average Bonchev–Trinajstić information content (AvgIpc) is 2.91. The molecule has 0 saturated heterocycles. The number of esters is 4.